The van der Waals surface area contributed by atoms with Gasteiger partial charge >= 0.3 is 5.97 Å². The van der Waals surface area contributed by atoms with Gasteiger partial charge in [0, 0.05) is 18.2 Å². The first kappa shape index (κ1) is 22.0. The lowest BCUT2D eigenvalue weighted by molar-refractivity contribution is -0.148. The lowest BCUT2D eigenvalue weighted by atomic mass is 10.0. The molecule has 0 spiro atoms. The van der Waals surface area contributed by atoms with Crippen molar-refractivity contribution >= 4 is 19.1 Å². The second-order valence-electron chi connectivity index (χ2n) is 6.64. The van der Waals surface area contributed by atoms with Crippen molar-refractivity contribution in [2.45, 2.75) is 32.9 Å². The van der Waals surface area contributed by atoms with Crippen LogP contribution >= 0.6 is 7.44 Å². The summed E-state index contributed by atoms with van der Waals surface area (Å²) >= 11 is 0. The van der Waals surface area contributed by atoms with Crippen LogP contribution in [-0.2, 0) is 18.8 Å². The van der Waals surface area contributed by atoms with Crippen molar-refractivity contribution in [3.05, 3.63) is 71.8 Å². The molecule has 0 bridgehead atoms. The predicted octanol–water partition coefficient (Wildman–Crippen LogP) is 4.25. The summed E-state index contributed by atoms with van der Waals surface area (Å²) in [6, 6.07) is 18.2. The Hall–Kier alpha value is -2.27. The first-order valence-electron chi connectivity index (χ1n) is 9.12. The summed E-state index contributed by atoms with van der Waals surface area (Å²) in [6.45, 7) is 5.13. The number of ether oxygens (including phenoxy) is 2. The fourth-order valence-electron chi connectivity index (χ4n) is 2.60. The minimum atomic E-state index is -3.44. The summed E-state index contributed by atoms with van der Waals surface area (Å²) in [6.07, 6.45) is -0.401. The normalized spacial score (nSPS) is 14.2. The molecule has 0 saturated carbocycles. The highest BCUT2D eigenvalue weighted by Gasteiger charge is 2.29. The van der Waals surface area contributed by atoms with Crippen LogP contribution in [0.5, 0.6) is 0 Å². The third-order valence-electron chi connectivity index (χ3n) is 3.76. The number of nitrogens with zero attached hydrogens (tertiary/aromatic N) is 1. The topological polar surface area (TPSA) is 77.0 Å². The largest absolute Gasteiger partial charge is 0.462 e. The fourth-order valence-corrected chi connectivity index (χ4v) is 4.40. The van der Waals surface area contributed by atoms with Crippen molar-refractivity contribution < 1.29 is 18.8 Å². The molecular formula is C21H27N2O4P. The van der Waals surface area contributed by atoms with Crippen LogP contribution in [0.1, 0.15) is 31.9 Å². The Morgan fingerprint density at radius 3 is 1.93 bits per heavy atom. The van der Waals surface area contributed by atoms with Crippen molar-refractivity contribution in [3.63, 3.8) is 0 Å². The lowest BCUT2D eigenvalue weighted by Gasteiger charge is -2.21. The van der Waals surface area contributed by atoms with Crippen molar-refractivity contribution in [2.75, 3.05) is 13.5 Å². The maximum Gasteiger partial charge on any atom is 0.323 e. The molecule has 150 valence electrons. The number of esters is 1. The van der Waals surface area contributed by atoms with E-state index in [2.05, 4.69) is 9.85 Å². The molecule has 6 nitrogen and oxygen atoms in total. The zero-order chi connectivity index (χ0) is 20.6. The highest BCUT2D eigenvalue weighted by Crippen LogP contribution is 2.44. The van der Waals surface area contributed by atoms with E-state index in [1.165, 1.54) is 7.11 Å². The Kier molecular flexibility index (Phi) is 8.12. The maximum atomic E-state index is 13.5. The van der Waals surface area contributed by atoms with Gasteiger partial charge in [0.25, 0.3) is 7.44 Å². The summed E-state index contributed by atoms with van der Waals surface area (Å²) < 4.78 is 28.5. The summed E-state index contributed by atoms with van der Waals surface area (Å²) in [7, 11) is -1.99. The van der Waals surface area contributed by atoms with E-state index in [9.17, 15) is 9.36 Å². The van der Waals surface area contributed by atoms with Crippen LogP contribution in [0.3, 0.4) is 0 Å². The average molecular weight is 402 g/mol. The maximum absolute atomic E-state index is 13.5. The molecule has 1 N–H and O–H groups in total. The van der Waals surface area contributed by atoms with Gasteiger partial charge in [0.05, 0.1) is 11.8 Å². The highest BCUT2D eigenvalue weighted by atomic mass is 31.2. The van der Waals surface area contributed by atoms with Gasteiger partial charge in [-0.3, -0.25) is 9.36 Å². The third kappa shape index (κ3) is 6.41. The smallest absolute Gasteiger partial charge is 0.323 e. The predicted molar refractivity (Wildman–Crippen MR) is 112 cm³/mol. The molecule has 0 aliphatic heterocycles. The molecular weight excluding hydrogens is 375 g/mol. The molecule has 2 aromatic rings. The van der Waals surface area contributed by atoms with Crippen LogP contribution in [0.2, 0.25) is 0 Å². The molecule has 0 aromatic heterocycles. The van der Waals surface area contributed by atoms with Gasteiger partial charge in [-0.2, -0.15) is 0 Å². The monoisotopic (exact) mass is 402 g/mol. The molecule has 0 saturated heterocycles. The van der Waals surface area contributed by atoms with Crippen LogP contribution in [0.4, 0.5) is 0 Å². The van der Waals surface area contributed by atoms with Crippen LogP contribution in [0.25, 0.3) is 0 Å². The van der Waals surface area contributed by atoms with Crippen molar-refractivity contribution in [3.8, 4) is 0 Å². The number of rotatable bonds is 9. The zero-order valence-corrected chi connectivity index (χ0v) is 17.6. The second-order valence-corrected chi connectivity index (χ2v) is 8.76. The van der Waals surface area contributed by atoms with Crippen LogP contribution < -0.4 is 5.09 Å². The molecule has 0 fully saturated rings. The summed E-state index contributed by atoms with van der Waals surface area (Å²) in [5.74, 6) is -0.484. The summed E-state index contributed by atoms with van der Waals surface area (Å²) in [4.78, 5) is 12.2. The first-order chi connectivity index (χ1) is 13.3. The van der Waals surface area contributed by atoms with Crippen molar-refractivity contribution in [1.29, 1.82) is 0 Å². The Bertz CT molecular complexity index is 796. The highest BCUT2D eigenvalue weighted by molar-refractivity contribution is 7.60. The van der Waals surface area contributed by atoms with Gasteiger partial charge in [-0.25, -0.2) is 9.85 Å². The molecule has 0 radical (unpaired) electrons. The molecule has 1 unspecified atom stereocenters. The number of methoxy groups -OCH3 is 1. The van der Waals surface area contributed by atoms with E-state index >= 15 is 0 Å². The van der Waals surface area contributed by atoms with E-state index in [4.69, 9.17) is 9.47 Å². The molecule has 2 aromatic carbocycles. The number of nitrogens with one attached hydrogen (secondary N) is 1. The SMILES string of the molecule is COCP(=O)(N=C(c1ccccc1)c1ccccc1)N[C@@H](C)C(=O)OC(C)C. The van der Waals surface area contributed by atoms with E-state index in [0.717, 1.165) is 11.1 Å². The second kappa shape index (κ2) is 10.3. The Balaban J connectivity index is 2.43. The van der Waals surface area contributed by atoms with E-state index in [1.54, 1.807) is 20.8 Å². The number of carbonyl (C=O) groups excluding carboxylic acids is 1. The number of hydrogen-bond donors (Lipinski definition) is 1. The van der Waals surface area contributed by atoms with E-state index in [1.807, 2.05) is 60.7 Å². The van der Waals surface area contributed by atoms with Gasteiger partial charge in [-0.05, 0) is 20.8 Å². The Morgan fingerprint density at radius 1 is 1.00 bits per heavy atom. The molecule has 0 aliphatic carbocycles. The molecule has 2 rings (SSSR count). The van der Waals surface area contributed by atoms with Crippen molar-refractivity contribution in [1.82, 2.24) is 5.09 Å². The fraction of sp³-hybridized carbons (Fsp3) is 0.333. The molecule has 0 heterocycles. The van der Waals surface area contributed by atoms with Gasteiger partial charge in [0.2, 0.25) is 0 Å². The average Bonchev–Trinajstić information content (AvgIpc) is 2.67. The molecule has 0 aliphatic rings. The van der Waals surface area contributed by atoms with E-state index in [0.29, 0.717) is 5.71 Å². The molecule has 0 amide bonds. The van der Waals surface area contributed by atoms with Crippen LogP contribution in [0, 0.1) is 0 Å². The number of benzene rings is 2. The van der Waals surface area contributed by atoms with Gasteiger partial charge < -0.3 is 9.47 Å². The molecule has 7 heteroatoms. The van der Waals surface area contributed by atoms with Crippen molar-refractivity contribution in [2.24, 2.45) is 4.76 Å². The summed E-state index contributed by atoms with van der Waals surface area (Å²) in [5, 5.41) is 2.84. The Morgan fingerprint density at radius 2 is 1.50 bits per heavy atom. The zero-order valence-electron chi connectivity index (χ0n) is 16.7. The lowest BCUT2D eigenvalue weighted by Crippen LogP contribution is -2.35. The van der Waals surface area contributed by atoms with Crippen LogP contribution in [0.15, 0.2) is 65.4 Å². The van der Waals surface area contributed by atoms with E-state index < -0.39 is 19.5 Å². The third-order valence-corrected chi connectivity index (χ3v) is 5.68. The van der Waals surface area contributed by atoms with E-state index in [-0.39, 0.29) is 12.5 Å². The standard InChI is InChI=1S/C21H27N2O4P/c1-16(2)27-21(24)17(3)22-28(25,15-26-4)23-20(18-11-7-5-8-12-18)19-13-9-6-10-14-19/h5-14,16-17H,15H2,1-4H3,(H,22,25)/t17-,28?/m0/s1. The minimum absolute atomic E-state index is 0.143. The number of carbonyl (C=O) groups is 1. The first-order valence-corrected chi connectivity index (χ1v) is 11.0. The Labute approximate surface area is 166 Å². The molecule has 2 atom stereocenters. The molecule has 28 heavy (non-hydrogen) atoms. The van der Waals surface area contributed by atoms with Gasteiger partial charge in [0.15, 0.2) is 0 Å². The van der Waals surface area contributed by atoms with Gasteiger partial charge in [0.1, 0.15) is 12.4 Å². The van der Waals surface area contributed by atoms with Gasteiger partial charge in [-0.1, -0.05) is 60.7 Å². The number of hydrogen-bond acceptors (Lipinski definition) is 4. The summed E-state index contributed by atoms with van der Waals surface area (Å²) in [5.41, 5.74) is 2.21. The van der Waals surface area contributed by atoms with Crippen LogP contribution in [-0.4, -0.2) is 37.3 Å². The minimum Gasteiger partial charge on any atom is -0.462 e. The van der Waals surface area contributed by atoms with Gasteiger partial charge in [-0.15, -0.1) is 0 Å². The quantitative estimate of drug-likeness (QED) is 0.385.